The van der Waals surface area contributed by atoms with Crippen molar-refractivity contribution in [2.75, 3.05) is 13.1 Å². The van der Waals surface area contributed by atoms with E-state index in [1.807, 2.05) is 0 Å². The lowest BCUT2D eigenvalue weighted by Crippen LogP contribution is -2.47. The molecule has 1 saturated heterocycles. The summed E-state index contributed by atoms with van der Waals surface area (Å²) in [5.74, 6) is 0.351. The first-order valence-electron chi connectivity index (χ1n) is 5.67. The van der Waals surface area contributed by atoms with Gasteiger partial charge in [-0.3, -0.25) is 0 Å². The first kappa shape index (κ1) is 11.1. The summed E-state index contributed by atoms with van der Waals surface area (Å²) in [5.41, 5.74) is -0.584. The number of aryl methyl sites for hydroxylation is 1. The molecule has 0 radical (unpaired) electrons. The number of aliphatic hydroxyl groups is 1. The van der Waals surface area contributed by atoms with Crippen LogP contribution in [0.2, 0.25) is 0 Å². The van der Waals surface area contributed by atoms with Crippen LogP contribution in [-0.2, 0) is 5.60 Å². The molecule has 2 nitrogen and oxygen atoms in total. The van der Waals surface area contributed by atoms with Crippen molar-refractivity contribution in [2.24, 2.45) is 5.92 Å². The first-order valence-corrected chi connectivity index (χ1v) is 6.48. The molecule has 2 unspecified atom stereocenters. The SMILES string of the molecule is CCC1CNCCC1(O)c1ccc(C)s1. The summed E-state index contributed by atoms with van der Waals surface area (Å²) in [5, 5.41) is 14.1. The van der Waals surface area contributed by atoms with Gasteiger partial charge in [0.05, 0.1) is 0 Å². The van der Waals surface area contributed by atoms with Gasteiger partial charge in [-0.25, -0.2) is 0 Å². The maximum Gasteiger partial charge on any atom is 0.104 e. The summed E-state index contributed by atoms with van der Waals surface area (Å²) in [7, 11) is 0. The fourth-order valence-corrected chi connectivity index (χ4v) is 3.47. The van der Waals surface area contributed by atoms with Gasteiger partial charge >= 0.3 is 0 Å². The molecule has 2 heterocycles. The van der Waals surface area contributed by atoms with E-state index in [-0.39, 0.29) is 0 Å². The maximum absolute atomic E-state index is 10.8. The van der Waals surface area contributed by atoms with Gasteiger partial charge in [-0.2, -0.15) is 0 Å². The van der Waals surface area contributed by atoms with E-state index >= 15 is 0 Å². The smallest absolute Gasteiger partial charge is 0.104 e. The van der Waals surface area contributed by atoms with E-state index in [0.29, 0.717) is 5.92 Å². The molecule has 2 atom stereocenters. The quantitative estimate of drug-likeness (QED) is 0.809. The molecular formula is C12H19NOS. The third-order valence-electron chi connectivity index (χ3n) is 3.41. The molecule has 0 aromatic carbocycles. The topological polar surface area (TPSA) is 32.3 Å². The Balaban J connectivity index is 2.29. The third-order valence-corrected chi connectivity index (χ3v) is 4.58. The zero-order chi connectivity index (χ0) is 10.9. The van der Waals surface area contributed by atoms with E-state index in [1.165, 1.54) is 4.88 Å². The van der Waals surface area contributed by atoms with Crippen LogP contribution in [-0.4, -0.2) is 18.2 Å². The molecule has 1 aromatic rings. The number of hydrogen-bond acceptors (Lipinski definition) is 3. The molecule has 0 amide bonds. The second-order valence-electron chi connectivity index (χ2n) is 4.39. The summed E-state index contributed by atoms with van der Waals surface area (Å²) < 4.78 is 0. The van der Waals surface area contributed by atoms with Gasteiger partial charge in [0.15, 0.2) is 0 Å². The van der Waals surface area contributed by atoms with E-state index in [1.54, 1.807) is 11.3 Å². The summed E-state index contributed by atoms with van der Waals surface area (Å²) in [6.45, 7) is 6.11. The first-order chi connectivity index (χ1) is 7.16. The van der Waals surface area contributed by atoms with Crippen LogP contribution in [0.3, 0.4) is 0 Å². The summed E-state index contributed by atoms with van der Waals surface area (Å²) in [6, 6.07) is 4.20. The number of hydrogen-bond donors (Lipinski definition) is 2. The normalized spacial score (nSPS) is 31.8. The fourth-order valence-electron chi connectivity index (χ4n) is 2.40. The van der Waals surface area contributed by atoms with Crippen molar-refractivity contribution in [3.63, 3.8) is 0 Å². The van der Waals surface area contributed by atoms with Crippen LogP contribution in [0.1, 0.15) is 29.5 Å². The van der Waals surface area contributed by atoms with Gasteiger partial charge < -0.3 is 10.4 Å². The van der Waals surface area contributed by atoms with Gasteiger partial charge in [0.2, 0.25) is 0 Å². The van der Waals surface area contributed by atoms with Crippen LogP contribution in [0.25, 0.3) is 0 Å². The standard InChI is InChI=1S/C12H19NOS/c1-3-10-8-13-7-6-12(10,14)11-5-4-9(2)15-11/h4-5,10,13-14H,3,6-8H2,1-2H3. The monoisotopic (exact) mass is 225 g/mol. The lowest BCUT2D eigenvalue weighted by atomic mass is 9.79. The average molecular weight is 225 g/mol. The van der Waals surface area contributed by atoms with Crippen LogP contribution in [0.5, 0.6) is 0 Å². The number of thiophene rings is 1. The van der Waals surface area contributed by atoms with Crippen molar-refractivity contribution >= 4 is 11.3 Å². The average Bonchev–Trinajstić information content (AvgIpc) is 2.66. The maximum atomic E-state index is 10.8. The second kappa shape index (κ2) is 4.24. The van der Waals surface area contributed by atoms with Gasteiger partial charge in [0, 0.05) is 22.2 Å². The minimum absolute atomic E-state index is 0.351. The lowest BCUT2D eigenvalue weighted by Gasteiger charge is -2.39. The predicted octanol–water partition coefficient (Wildman–Crippen LogP) is 2.26. The van der Waals surface area contributed by atoms with Gasteiger partial charge in [0.25, 0.3) is 0 Å². The van der Waals surface area contributed by atoms with Gasteiger partial charge in [-0.1, -0.05) is 6.92 Å². The Morgan fingerprint density at radius 1 is 1.60 bits per heavy atom. The molecule has 84 valence electrons. The van der Waals surface area contributed by atoms with Gasteiger partial charge in [-0.15, -0.1) is 11.3 Å². The van der Waals surface area contributed by atoms with Gasteiger partial charge in [0.1, 0.15) is 5.60 Å². The fraction of sp³-hybridized carbons (Fsp3) is 0.667. The Hall–Kier alpha value is -0.380. The van der Waals surface area contributed by atoms with E-state index in [2.05, 4.69) is 31.3 Å². The molecule has 15 heavy (non-hydrogen) atoms. The zero-order valence-corrected chi connectivity index (χ0v) is 10.2. The number of rotatable bonds is 2. The molecule has 2 N–H and O–H groups in total. The molecule has 0 bridgehead atoms. The van der Waals surface area contributed by atoms with Crippen LogP contribution in [0.4, 0.5) is 0 Å². The van der Waals surface area contributed by atoms with Crippen LogP contribution >= 0.6 is 11.3 Å². The van der Waals surface area contributed by atoms with Gasteiger partial charge in [-0.05, 0) is 38.4 Å². The highest BCUT2D eigenvalue weighted by Gasteiger charge is 2.40. The molecule has 1 fully saturated rings. The molecule has 3 heteroatoms. The molecular weight excluding hydrogens is 206 g/mol. The summed E-state index contributed by atoms with van der Waals surface area (Å²) >= 11 is 1.73. The van der Waals surface area contributed by atoms with E-state index in [9.17, 15) is 5.11 Å². The van der Waals surface area contributed by atoms with Crippen molar-refractivity contribution in [1.82, 2.24) is 5.32 Å². The highest BCUT2D eigenvalue weighted by Crippen LogP contribution is 2.40. The van der Waals surface area contributed by atoms with Crippen LogP contribution in [0.15, 0.2) is 12.1 Å². The third kappa shape index (κ3) is 1.96. The second-order valence-corrected chi connectivity index (χ2v) is 5.68. The minimum Gasteiger partial charge on any atom is -0.384 e. The van der Waals surface area contributed by atoms with E-state index in [4.69, 9.17) is 0 Å². The Morgan fingerprint density at radius 3 is 3.00 bits per heavy atom. The van der Waals surface area contributed by atoms with Crippen LogP contribution < -0.4 is 5.32 Å². The molecule has 1 aliphatic heterocycles. The van der Waals surface area contributed by atoms with E-state index in [0.717, 1.165) is 30.8 Å². The zero-order valence-electron chi connectivity index (χ0n) is 9.42. The molecule has 0 spiro atoms. The van der Waals surface area contributed by atoms with Crippen molar-refractivity contribution in [3.8, 4) is 0 Å². The predicted molar refractivity (Wildman–Crippen MR) is 64.2 cm³/mol. The lowest BCUT2D eigenvalue weighted by molar-refractivity contribution is -0.0447. The number of nitrogens with one attached hydrogen (secondary N) is 1. The van der Waals surface area contributed by atoms with Crippen molar-refractivity contribution in [2.45, 2.75) is 32.3 Å². The van der Waals surface area contributed by atoms with Crippen LogP contribution in [0, 0.1) is 12.8 Å². The summed E-state index contributed by atoms with van der Waals surface area (Å²) in [4.78, 5) is 2.43. The molecule has 1 aromatic heterocycles. The Bertz CT molecular complexity index is 336. The Kier molecular flexibility index (Phi) is 3.14. The van der Waals surface area contributed by atoms with E-state index < -0.39 is 5.60 Å². The van der Waals surface area contributed by atoms with Crippen molar-refractivity contribution < 1.29 is 5.11 Å². The molecule has 2 rings (SSSR count). The summed E-state index contributed by atoms with van der Waals surface area (Å²) in [6.07, 6.45) is 1.87. The van der Waals surface area contributed by atoms with Crippen molar-refractivity contribution in [1.29, 1.82) is 0 Å². The molecule has 0 saturated carbocycles. The Morgan fingerprint density at radius 2 is 2.40 bits per heavy atom. The van der Waals surface area contributed by atoms with Crippen molar-refractivity contribution in [3.05, 3.63) is 21.9 Å². The molecule has 0 aliphatic carbocycles. The number of piperidine rings is 1. The minimum atomic E-state index is -0.584. The largest absolute Gasteiger partial charge is 0.384 e. The highest BCUT2D eigenvalue weighted by atomic mass is 32.1. The molecule has 1 aliphatic rings. The highest BCUT2D eigenvalue weighted by molar-refractivity contribution is 7.12. The Labute approximate surface area is 95.3 Å².